The molecule has 0 spiro atoms. The van der Waals surface area contributed by atoms with Crippen molar-refractivity contribution in [2.45, 2.75) is 71.8 Å². The molecule has 0 aromatic rings. The van der Waals surface area contributed by atoms with Gasteiger partial charge in [-0.2, -0.15) is 5.26 Å². The van der Waals surface area contributed by atoms with Crippen LogP contribution in [0.5, 0.6) is 0 Å². The average Bonchev–Trinajstić information content (AvgIpc) is 2.37. The van der Waals surface area contributed by atoms with E-state index < -0.39 is 11.0 Å². The van der Waals surface area contributed by atoms with Crippen LogP contribution >= 0.6 is 0 Å². The fourth-order valence-electron chi connectivity index (χ4n) is 3.28. The first kappa shape index (κ1) is 14.5. The summed E-state index contributed by atoms with van der Waals surface area (Å²) in [7, 11) is 0. The van der Waals surface area contributed by atoms with Gasteiger partial charge in [-0.3, -0.25) is 0 Å². The van der Waals surface area contributed by atoms with Crippen LogP contribution < -0.4 is 0 Å². The molecule has 1 aliphatic carbocycles. The lowest BCUT2D eigenvalue weighted by Crippen LogP contribution is -2.52. The van der Waals surface area contributed by atoms with E-state index in [1.807, 2.05) is 6.92 Å². The number of nitriles is 1. The average molecular weight is 237 g/mol. The van der Waals surface area contributed by atoms with Gasteiger partial charge in [-0.1, -0.05) is 46.5 Å². The molecule has 0 amide bonds. The number of nitrogens with zero attached hydrogens (tertiary/aromatic N) is 1. The van der Waals surface area contributed by atoms with Crippen molar-refractivity contribution in [1.29, 1.82) is 5.26 Å². The Labute approximate surface area is 106 Å². The first-order valence-electron chi connectivity index (χ1n) is 7.07. The van der Waals surface area contributed by atoms with E-state index in [9.17, 15) is 10.4 Å². The Morgan fingerprint density at radius 3 is 2.65 bits per heavy atom. The lowest BCUT2D eigenvalue weighted by Gasteiger charge is -2.48. The Bertz CT molecular complexity index is 292. The molecule has 1 fully saturated rings. The standard InChI is InChI=1S/C15H27NO/c1-5-12(3)14(4,17)15(11-16)9-7-8-13(6-2)10-15/h12-13,17H,5-10H2,1-4H3. The number of aliphatic hydroxyl groups is 1. The highest BCUT2D eigenvalue weighted by Gasteiger charge is 2.51. The Balaban J connectivity index is 2.99. The van der Waals surface area contributed by atoms with E-state index in [1.165, 1.54) is 6.42 Å². The molecule has 1 saturated carbocycles. The maximum absolute atomic E-state index is 10.8. The summed E-state index contributed by atoms with van der Waals surface area (Å²) in [6.45, 7) is 8.22. The molecule has 2 nitrogen and oxygen atoms in total. The molecule has 0 aromatic carbocycles. The van der Waals surface area contributed by atoms with Gasteiger partial charge in [0.25, 0.3) is 0 Å². The van der Waals surface area contributed by atoms with E-state index in [2.05, 4.69) is 26.8 Å². The van der Waals surface area contributed by atoms with Crippen LogP contribution in [0.1, 0.15) is 66.2 Å². The SMILES string of the molecule is CCC1CCCC(C#N)(C(C)(O)C(C)CC)C1. The third kappa shape index (κ3) is 2.50. The molecule has 0 bridgehead atoms. The minimum Gasteiger partial charge on any atom is -0.388 e. The summed E-state index contributed by atoms with van der Waals surface area (Å²) in [6, 6.07) is 2.49. The second-order valence-electron chi connectivity index (χ2n) is 6.02. The lowest BCUT2D eigenvalue weighted by molar-refractivity contribution is -0.105. The van der Waals surface area contributed by atoms with Crippen LogP contribution in [0.4, 0.5) is 0 Å². The molecule has 17 heavy (non-hydrogen) atoms. The van der Waals surface area contributed by atoms with E-state index in [1.54, 1.807) is 0 Å². The van der Waals surface area contributed by atoms with Gasteiger partial charge in [0.05, 0.1) is 17.1 Å². The Morgan fingerprint density at radius 1 is 1.53 bits per heavy atom. The van der Waals surface area contributed by atoms with Gasteiger partial charge in [0.1, 0.15) is 0 Å². The van der Waals surface area contributed by atoms with Crippen molar-refractivity contribution in [1.82, 2.24) is 0 Å². The monoisotopic (exact) mass is 237 g/mol. The Kier molecular flexibility index (Phi) is 4.61. The summed E-state index contributed by atoms with van der Waals surface area (Å²) in [6.07, 6.45) is 6.08. The molecule has 4 atom stereocenters. The molecule has 98 valence electrons. The zero-order valence-corrected chi connectivity index (χ0v) is 11.8. The Morgan fingerprint density at radius 2 is 2.18 bits per heavy atom. The fraction of sp³-hybridized carbons (Fsp3) is 0.933. The molecular weight excluding hydrogens is 210 g/mol. The maximum atomic E-state index is 10.8. The van der Waals surface area contributed by atoms with Crippen molar-refractivity contribution in [2.75, 3.05) is 0 Å². The summed E-state index contributed by atoms with van der Waals surface area (Å²) < 4.78 is 0. The molecule has 1 N–H and O–H groups in total. The number of hydrogen-bond acceptors (Lipinski definition) is 2. The molecule has 0 aromatic heterocycles. The van der Waals surface area contributed by atoms with Gasteiger partial charge in [0.15, 0.2) is 0 Å². The molecule has 0 radical (unpaired) electrons. The lowest BCUT2D eigenvalue weighted by atomic mass is 9.58. The zero-order chi connectivity index (χ0) is 13.1. The van der Waals surface area contributed by atoms with Crippen molar-refractivity contribution in [3.8, 4) is 6.07 Å². The van der Waals surface area contributed by atoms with Crippen molar-refractivity contribution >= 4 is 0 Å². The first-order valence-corrected chi connectivity index (χ1v) is 7.07. The molecule has 2 heteroatoms. The van der Waals surface area contributed by atoms with Gasteiger partial charge in [-0.05, 0) is 31.6 Å². The van der Waals surface area contributed by atoms with Crippen LogP contribution in [0.25, 0.3) is 0 Å². The van der Waals surface area contributed by atoms with Gasteiger partial charge in [-0.15, -0.1) is 0 Å². The molecule has 0 heterocycles. The normalized spacial score (nSPS) is 34.7. The number of hydrogen-bond donors (Lipinski definition) is 1. The van der Waals surface area contributed by atoms with Crippen LogP contribution in [-0.2, 0) is 0 Å². The molecule has 0 aliphatic heterocycles. The van der Waals surface area contributed by atoms with Crippen LogP contribution in [0.2, 0.25) is 0 Å². The largest absolute Gasteiger partial charge is 0.388 e. The summed E-state index contributed by atoms with van der Waals surface area (Å²) in [4.78, 5) is 0. The highest BCUT2D eigenvalue weighted by atomic mass is 16.3. The Hall–Kier alpha value is -0.550. The van der Waals surface area contributed by atoms with E-state index in [-0.39, 0.29) is 5.92 Å². The highest BCUT2D eigenvalue weighted by Crippen LogP contribution is 2.50. The van der Waals surface area contributed by atoms with Crippen molar-refractivity contribution in [3.05, 3.63) is 0 Å². The molecule has 1 rings (SSSR count). The van der Waals surface area contributed by atoms with E-state index >= 15 is 0 Å². The van der Waals surface area contributed by atoms with Crippen LogP contribution in [-0.4, -0.2) is 10.7 Å². The van der Waals surface area contributed by atoms with Crippen molar-refractivity contribution < 1.29 is 5.11 Å². The highest BCUT2D eigenvalue weighted by molar-refractivity contribution is 5.13. The molecule has 4 unspecified atom stereocenters. The topological polar surface area (TPSA) is 44.0 Å². The molecule has 1 aliphatic rings. The van der Waals surface area contributed by atoms with E-state index in [0.717, 1.165) is 32.1 Å². The fourth-order valence-corrected chi connectivity index (χ4v) is 3.28. The van der Waals surface area contributed by atoms with Gasteiger partial charge in [0, 0.05) is 0 Å². The summed E-state index contributed by atoms with van der Waals surface area (Å²) >= 11 is 0. The third-order valence-corrected chi connectivity index (χ3v) is 5.19. The zero-order valence-electron chi connectivity index (χ0n) is 11.8. The predicted octanol–water partition coefficient (Wildman–Crippen LogP) is 3.89. The second kappa shape index (κ2) is 5.40. The van der Waals surface area contributed by atoms with Crippen molar-refractivity contribution in [3.63, 3.8) is 0 Å². The summed E-state index contributed by atoms with van der Waals surface area (Å²) in [5, 5.41) is 20.5. The smallest absolute Gasteiger partial charge is 0.0862 e. The minimum absolute atomic E-state index is 0.178. The molecular formula is C15H27NO. The maximum Gasteiger partial charge on any atom is 0.0862 e. The van der Waals surface area contributed by atoms with Gasteiger partial charge in [-0.25, -0.2) is 0 Å². The van der Waals surface area contributed by atoms with Gasteiger partial charge >= 0.3 is 0 Å². The minimum atomic E-state index is -0.857. The van der Waals surface area contributed by atoms with Crippen LogP contribution in [0.15, 0.2) is 0 Å². The van der Waals surface area contributed by atoms with Gasteiger partial charge < -0.3 is 5.11 Å². The summed E-state index contributed by atoms with van der Waals surface area (Å²) in [5.41, 5.74) is -1.38. The van der Waals surface area contributed by atoms with Crippen LogP contribution in [0.3, 0.4) is 0 Å². The molecule has 0 saturated heterocycles. The van der Waals surface area contributed by atoms with Crippen molar-refractivity contribution in [2.24, 2.45) is 17.3 Å². The number of rotatable bonds is 4. The second-order valence-corrected chi connectivity index (χ2v) is 6.02. The quantitative estimate of drug-likeness (QED) is 0.806. The first-order chi connectivity index (χ1) is 7.93. The summed E-state index contributed by atoms with van der Waals surface area (Å²) in [5.74, 6) is 0.789. The van der Waals surface area contributed by atoms with Gasteiger partial charge in [0.2, 0.25) is 0 Å². The third-order valence-electron chi connectivity index (χ3n) is 5.19. The van der Waals surface area contributed by atoms with E-state index in [0.29, 0.717) is 5.92 Å². The van der Waals surface area contributed by atoms with E-state index in [4.69, 9.17) is 0 Å². The van der Waals surface area contributed by atoms with Crippen LogP contribution in [0, 0.1) is 28.6 Å². The predicted molar refractivity (Wildman–Crippen MR) is 70.4 cm³/mol.